The monoisotopic (exact) mass is 419 g/mol. The summed E-state index contributed by atoms with van der Waals surface area (Å²) in [4.78, 5) is -0.300. The van der Waals surface area contributed by atoms with E-state index in [4.69, 9.17) is 5.26 Å². The number of hydrogen-bond acceptors (Lipinski definition) is 2. The summed E-state index contributed by atoms with van der Waals surface area (Å²) in [5.74, 6) is 10.6. The summed E-state index contributed by atoms with van der Waals surface area (Å²) in [6.45, 7) is 6.12. The standard InChI is InChI=1S/C24H17F2NS.C2H6/c1-2-3-4-5-17-8-10-21-13-18(9-11-20(21)12-17)6-7-19-14-22(25)24(28-16-27)23(26)15-19;1-2/h9,11-15H,2-3,8,10H2,1H3;1-2H3. The molecule has 1 nitrogen and oxygen atoms in total. The Morgan fingerprint density at radius 1 is 0.967 bits per heavy atom. The molecule has 4 heteroatoms. The minimum absolute atomic E-state index is 0.239. The van der Waals surface area contributed by atoms with E-state index in [1.165, 1.54) is 5.56 Å². The lowest BCUT2D eigenvalue weighted by Gasteiger charge is -2.13. The van der Waals surface area contributed by atoms with Crippen LogP contribution in [0.4, 0.5) is 8.78 Å². The number of aryl methyl sites for hydroxylation is 1. The van der Waals surface area contributed by atoms with E-state index in [1.54, 1.807) is 5.40 Å². The van der Waals surface area contributed by atoms with Gasteiger partial charge in [-0.15, -0.1) is 0 Å². The smallest absolute Gasteiger partial charge is 0.142 e. The number of hydrogen-bond donors (Lipinski definition) is 0. The van der Waals surface area contributed by atoms with Gasteiger partial charge in [0.1, 0.15) is 17.0 Å². The van der Waals surface area contributed by atoms with Gasteiger partial charge in [-0.2, -0.15) is 5.26 Å². The van der Waals surface area contributed by atoms with Crippen LogP contribution in [0.3, 0.4) is 0 Å². The van der Waals surface area contributed by atoms with Crippen molar-refractivity contribution in [3.05, 3.63) is 69.8 Å². The van der Waals surface area contributed by atoms with Crippen LogP contribution in [0.5, 0.6) is 0 Å². The maximum atomic E-state index is 13.9. The van der Waals surface area contributed by atoms with E-state index in [2.05, 4.69) is 36.7 Å². The third-order valence-electron chi connectivity index (χ3n) is 4.26. The number of thiocyanates is 1. The Labute approximate surface area is 182 Å². The Morgan fingerprint density at radius 3 is 2.33 bits per heavy atom. The minimum Gasteiger partial charge on any atom is -0.206 e. The molecule has 30 heavy (non-hydrogen) atoms. The fourth-order valence-corrected chi connectivity index (χ4v) is 3.29. The Balaban J connectivity index is 0.00000155. The van der Waals surface area contributed by atoms with Crippen molar-refractivity contribution in [2.75, 3.05) is 0 Å². The van der Waals surface area contributed by atoms with Crippen LogP contribution in [0.25, 0.3) is 6.08 Å². The van der Waals surface area contributed by atoms with Gasteiger partial charge in [-0.1, -0.05) is 50.5 Å². The number of fused-ring (bicyclic) bond motifs is 1. The number of halogens is 2. The molecule has 0 saturated heterocycles. The number of benzene rings is 2. The predicted octanol–water partition coefficient (Wildman–Crippen LogP) is 7.10. The van der Waals surface area contributed by atoms with Crippen LogP contribution in [0.1, 0.15) is 62.3 Å². The largest absolute Gasteiger partial charge is 0.206 e. The highest BCUT2D eigenvalue weighted by Crippen LogP contribution is 2.26. The topological polar surface area (TPSA) is 23.8 Å². The highest BCUT2D eigenvalue weighted by molar-refractivity contribution is 8.03. The molecule has 0 amide bonds. The molecule has 0 heterocycles. The molecule has 0 N–H and O–H groups in total. The minimum atomic E-state index is -0.775. The molecule has 1 aliphatic carbocycles. The third kappa shape index (κ3) is 6.25. The zero-order valence-corrected chi connectivity index (χ0v) is 18.2. The molecule has 0 aromatic heterocycles. The van der Waals surface area contributed by atoms with E-state index in [-0.39, 0.29) is 10.5 Å². The number of unbranched alkanes of at least 4 members (excludes halogenated alkanes) is 1. The summed E-state index contributed by atoms with van der Waals surface area (Å²) < 4.78 is 27.8. The van der Waals surface area contributed by atoms with Crippen LogP contribution >= 0.6 is 11.8 Å². The molecule has 0 atom stereocenters. The van der Waals surface area contributed by atoms with Gasteiger partial charge in [0.2, 0.25) is 0 Å². The summed E-state index contributed by atoms with van der Waals surface area (Å²) in [5, 5.41) is 10.3. The van der Waals surface area contributed by atoms with Gasteiger partial charge in [0.15, 0.2) is 0 Å². The van der Waals surface area contributed by atoms with Gasteiger partial charge in [0, 0.05) is 23.1 Å². The average Bonchev–Trinajstić information content (AvgIpc) is 2.76. The lowest BCUT2D eigenvalue weighted by Crippen LogP contribution is -1.99. The maximum Gasteiger partial charge on any atom is 0.142 e. The first kappa shape index (κ1) is 23.3. The first-order valence-corrected chi connectivity index (χ1v) is 10.8. The van der Waals surface area contributed by atoms with Crippen molar-refractivity contribution in [3.8, 4) is 29.1 Å². The van der Waals surface area contributed by atoms with Gasteiger partial charge in [0.25, 0.3) is 0 Å². The summed E-state index contributed by atoms with van der Waals surface area (Å²) >= 11 is 0.466. The third-order valence-corrected chi connectivity index (χ3v) is 4.94. The second kappa shape index (κ2) is 11.9. The normalized spacial score (nSPS) is 11.3. The Hall–Kier alpha value is -3.00. The quantitative estimate of drug-likeness (QED) is 0.294. The SMILES string of the molecule is CC.CCCC#CC1=Cc2ccc(C#Cc3cc(F)c(SC#N)c(F)c3)cc2CC1. The molecule has 0 fully saturated rings. The highest BCUT2D eigenvalue weighted by atomic mass is 32.2. The number of allylic oxidation sites excluding steroid dienone is 1. The van der Waals surface area contributed by atoms with E-state index < -0.39 is 11.6 Å². The Morgan fingerprint density at radius 2 is 1.67 bits per heavy atom. The van der Waals surface area contributed by atoms with E-state index in [0.717, 1.165) is 54.5 Å². The van der Waals surface area contributed by atoms with Crippen molar-refractivity contribution in [2.45, 2.75) is 51.3 Å². The van der Waals surface area contributed by atoms with E-state index in [9.17, 15) is 8.78 Å². The fraction of sp³-hybridized carbons (Fsp3) is 0.269. The highest BCUT2D eigenvalue weighted by Gasteiger charge is 2.11. The van der Waals surface area contributed by atoms with Crippen molar-refractivity contribution < 1.29 is 8.78 Å². The van der Waals surface area contributed by atoms with Crippen LogP contribution < -0.4 is 0 Å². The number of nitriles is 1. The Bertz CT molecular complexity index is 1080. The lowest BCUT2D eigenvalue weighted by molar-refractivity contribution is 0.540. The van der Waals surface area contributed by atoms with Crippen LogP contribution in [0.2, 0.25) is 0 Å². The van der Waals surface area contributed by atoms with Gasteiger partial charge in [0.05, 0.1) is 4.90 Å². The Kier molecular flexibility index (Phi) is 9.21. The molecule has 1 aliphatic rings. The van der Waals surface area contributed by atoms with Crippen molar-refractivity contribution in [2.24, 2.45) is 0 Å². The second-order valence-corrected chi connectivity index (χ2v) is 7.14. The molecule has 2 aromatic rings. The van der Waals surface area contributed by atoms with Gasteiger partial charge in [-0.05, 0) is 72.5 Å². The molecule has 0 unspecified atom stereocenters. The number of rotatable bonds is 2. The first-order chi connectivity index (χ1) is 14.6. The van der Waals surface area contributed by atoms with E-state index >= 15 is 0 Å². The number of thioether (sulfide) groups is 1. The van der Waals surface area contributed by atoms with Crippen molar-refractivity contribution >= 4 is 17.8 Å². The lowest BCUT2D eigenvalue weighted by atomic mass is 9.91. The molecule has 0 saturated carbocycles. The van der Waals surface area contributed by atoms with E-state index in [1.807, 2.05) is 32.0 Å². The molecule has 0 aliphatic heterocycles. The van der Waals surface area contributed by atoms with Gasteiger partial charge in [-0.3, -0.25) is 0 Å². The summed E-state index contributed by atoms with van der Waals surface area (Å²) in [7, 11) is 0. The molecule has 0 bridgehead atoms. The molecule has 0 radical (unpaired) electrons. The van der Waals surface area contributed by atoms with Gasteiger partial charge < -0.3 is 0 Å². The van der Waals surface area contributed by atoms with E-state index in [0.29, 0.717) is 11.8 Å². The maximum absolute atomic E-state index is 13.9. The zero-order valence-electron chi connectivity index (χ0n) is 17.4. The van der Waals surface area contributed by atoms with Gasteiger partial charge >= 0.3 is 0 Å². The molecule has 152 valence electrons. The predicted molar refractivity (Wildman–Crippen MR) is 121 cm³/mol. The van der Waals surface area contributed by atoms with Gasteiger partial charge in [-0.25, -0.2) is 8.78 Å². The van der Waals surface area contributed by atoms with Crippen molar-refractivity contribution in [1.29, 1.82) is 5.26 Å². The summed E-state index contributed by atoms with van der Waals surface area (Å²) in [6, 6.07) is 8.23. The van der Waals surface area contributed by atoms with Crippen LogP contribution in [0, 0.1) is 46.0 Å². The van der Waals surface area contributed by atoms with Crippen LogP contribution in [-0.4, -0.2) is 0 Å². The van der Waals surface area contributed by atoms with Crippen LogP contribution in [-0.2, 0) is 6.42 Å². The number of nitrogens with zero attached hydrogens (tertiary/aromatic N) is 1. The van der Waals surface area contributed by atoms with Crippen LogP contribution in [0.15, 0.2) is 40.8 Å². The average molecular weight is 420 g/mol. The second-order valence-electron chi connectivity index (χ2n) is 6.35. The summed E-state index contributed by atoms with van der Waals surface area (Å²) in [6.07, 6.45) is 5.91. The zero-order chi connectivity index (χ0) is 21.9. The van der Waals surface area contributed by atoms with Crippen molar-refractivity contribution in [1.82, 2.24) is 0 Å². The molecular formula is C26H23F2NS. The molecule has 3 rings (SSSR count). The molecular weight excluding hydrogens is 396 g/mol. The first-order valence-electron chi connectivity index (χ1n) is 10.00. The van der Waals surface area contributed by atoms with Crippen molar-refractivity contribution in [3.63, 3.8) is 0 Å². The summed E-state index contributed by atoms with van der Waals surface area (Å²) in [5.41, 5.74) is 4.53. The molecule has 2 aromatic carbocycles. The fourth-order valence-electron chi connectivity index (χ4n) is 2.89. The molecule has 0 spiro atoms.